The molecule has 7 nitrogen and oxygen atoms in total. The molecule has 1 aromatic heterocycles. The highest BCUT2D eigenvalue weighted by atomic mass is 16.5. The SMILES string of the molecule is CO[C@H]1CC[C@H](Nc2ncc(C#N)c(N[C@@H]3CC[C@@H](C)C(O)C3)n2)CC1. The van der Waals surface area contributed by atoms with Crippen molar-refractivity contribution < 1.29 is 9.84 Å². The van der Waals surface area contributed by atoms with Gasteiger partial charge in [0.1, 0.15) is 17.5 Å². The van der Waals surface area contributed by atoms with Crippen molar-refractivity contribution in [1.29, 1.82) is 5.26 Å². The average molecular weight is 359 g/mol. The van der Waals surface area contributed by atoms with E-state index >= 15 is 0 Å². The van der Waals surface area contributed by atoms with Crippen LogP contribution < -0.4 is 10.6 Å². The zero-order valence-electron chi connectivity index (χ0n) is 15.6. The van der Waals surface area contributed by atoms with Gasteiger partial charge in [-0.15, -0.1) is 0 Å². The van der Waals surface area contributed by atoms with Crippen LogP contribution in [0.5, 0.6) is 0 Å². The molecule has 2 aliphatic carbocycles. The molecule has 3 rings (SSSR count). The van der Waals surface area contributed by atoms with E-state index in [9.17, 15) is 10.4 Å². The number of aliphatic hydroxyl groups excluding tert-OH is 1. The van der Waals surface area contributed by atoms with Crippen molar-refractivity contribution in [3.63, 3.8) is 0 Å². The number of nitrogens with zero attached hydrogens (tertiary/aromatic N) is 3. The van der Waals surface area contributed by atoms with Gasteiger partial charge in [-0.3, -0.25) is 0 Å². The Morgan fingerprint density at radius 1 is 1.15 bits per heavy atom. The van der Waals surface area contributed by atoms with Crippen molar-refractivity contribution in [2.75, 3.05) is 17.7 Å². The first-order chi connectivity index (χ1) is 12.6. The molecule has 7 heteroatoms. The second-order valence-electron chi connectivity index (χ2n) is 7.62. The van der Waals surface area contributed by atoms with Gasteiger partial charge in [-0.05, 0) is 50.9 Å². The van der Waals surface area contributed by atoms with Crippen molar-refractivity contribution >= 4 is 11.8 Å². The lowest BCUT2D eigenvalue weighted by Gasteiger charge is -2.32. The Morgan fingerprint density at radius 3 is 2.54 bits per heavy atom. The van der Waals surface area contributed by atoms with Gasteiger partial charge in [-0.2, -0.15) is 10.2 Å². The second-order valence-corrected chi connectivity index (χ2v) is 7.62. The first kappa shape index (κ1) is 18.9. The Hall–Kier alpha value is -1.91. The molecule has 0 aromatic carbocycles. The number of aromatic nitrogens is 2. The van der Waals surface area contributed by atoms with Crippen LogP contribution in [0.25, 0.3) is 0 Å². The minimum absolute atomic E-state index is 0.133. The largest absolute Gasteiger partial charge is 0.393 e. The summed E-state index contributed by atoms with van der Waals surface area (Å²) in [7, 11) is 1.77. The fraction of sp³-hybridized carbons (Fsp3) is 0.737. The molecule has 1 aromatic rings. The van der Waals surface area contributed by atoms with Crippen LogP contribution in [-0.2, 0) is 4.74 Å². The van der Waals surface area contributed by atoms with Gasteiger partial charge in [0.05, 0.1) is 18.4 Å². The van der Waals surface area contributed by atoms with Gasteiger partial charge in [0, 0.05) is 19.2 Å². The Balaban J connectivity index is 1.64. The first-order valence-corrected chi connectivity index (χ1v) is 9.60. The van der Waals surface area contributed by atoms with E-state index < -0.39 is 0 Å². The molecular weight excluding hydrogens is 330 g/mol. The zero-order valence-corrected chi connectivity index (χ0v) is 15.6. The molecule has 0 spiro atoms. The number of methoxy groups -OCH3 is 1. The van der Waals surface area contributed by atoms with Gasteiger partial charge in [-0.25, -0.2) is 4.98 Å². The highest BCUT2D eigenvalue weighted by Gasteiger charge is 2.27. The molecule has 3 atom stereocenters. The summed E-state index contributed by atoms with van der Waals surface area (Å²) < 4.78 is 5.41. The van der Waals surface area contributed by atoms with Gasteiger partial charge in [0.25, 0.3) is 0 Å². The number of hydrogen-bond donors (Lipinski definition) is 3. The Kier molecular flexibility index (Phi) is 6.28. The molecule has 1 heterocycles. The molecule has 0 amide bonds. The summed E-state index contributed by atoms with van der Waals surface area (Å²) in [6.07, 6.45) is 8.36. The number of aliphatic hydroxyl groups is 1. The molecular formula is C19H29N5O2. The molecule has 0 bridgehead atoms. The van der Waals surface area contributed by atoms with Crippen molar-refractivity contribution in [3.8, 4) is 6.07 Å². The summed E-state index contributed by atoms with van der Waals surface area (Å²) in [6.45, 7) is 2.08. The highest BCUT2D eigenvalue weighted by Crippen LogP contribution is 2.28. The number of nitriles is 1. The number of anilines is 2. The van der Waals surface area contributed by atoms with Crippen molar-refractivity contribution in [1.82, 2.24) is 9.97 Å². The minimum Gasteiger partial charge on any atom is -0.393 e. The van der Waals surface area contributed by atoms with Crippen LogP contribution in [-0.4, -0.2) is 46.5 Å². The molecule has 0 saturated heterocycles. The predicted octanol–water partition coefficient (Wildman–Crippen LogP) is 2.68. The molecule has 1 unspecified atom stereocenters. The number of nitrogens with one attached hydrogen (secondary N) is 2. The quantitative estimate of drug-likeness (QED) is 0.742. The van der Waals surface area contributed by atoms with E-state index in [4.69, 9.17) is 4.74 Å². The predicted molar refractivity (Wildman–Crippen MR) is 99.9 cm³/mol. The standard InChI is InChI=1S/C19H29N5O2/c1-12-3-4-15(9-17(12)25)22-18-13(10-20)11-21-19(24-18)23-14-5-7-16(26-2)8-6-14/h11-12,14-17,25H,3-9H2,1-2H3,(H2,21,22,23,24)/t12-,14-,15-,16-,17?/m1/s1. The van der Waals surface area contributed by atoms with E-state index in [1.165, 1.54) is 0 Å². The van der Waals surface area contributed by atoms with Gasteiger partial charge < -0.3 is 20.5 Å². The van der Waals surface area contributed by atoms with Crippen molar-refractivity contribution in [2.24, 2.45) is 5.92 Å². The summed E-state index contributed by atoms with van der Waals surface area (Å²) in [5, 5.41) is 26.2. The van der Waals surface area contributed by atoms with E-state index in [0.29, 0.717) is 41.8 Å². The van der Waals surface area contributed by atoms with Crippen LogP contribution in [0.1, 0.15) is 57.4 Å². The molecule has 0 radical (unpaired) electrons. The number of rotatable bonds is 5. The van der Waals surface area contributed by atoms with Crippen LogP contribution in [0.4, 0.5) is 11.8 Å². The maximum Gasteiger partial charge on any atom is 0.224 e. The van der Waals surface area contributed by atoms with Crippen LogP contribution in [0.2, 0.25) is 0 Å². The lowest BCUT2D eigenvalue weighted by molar-refractivity contribution is 0.0681. The minimum atomic E-state index is -0.304. The number of ether oxygens (including phenoxy) is 1. The Labute approximate surface area is 155 Å². The van der Waals surface area contributed by atoms with E-state index in [1.54, 1.807) is 13.3 Å². The third-order valence-corrected chi connectivity index (χ3v) is 5.74. The van der Waals surface area contributed by atoms with Crippen LogP contribution >= 0.6 is 0 Å². The molecule has 2 fully saturated rings. The van der Waals surface area contributed by atoms with Crippen LogP contribution in [0, 0.1) is 17.2 Å². The van der Waals surface area contributed by atoms with Gasteiger partial charge in [0.15, 0.2) is 0 Å². The third-order valence-electron chi connectivity index (χ3n) is 5.74. The van der Waals surface area contributed by atoms with E-state index in [0.717, 1.165) is 38.5 Å². The topological polar surface area (TPSA) is 103 Å². The summed E-state index contributed by atoms with van der Waals surface area (Å²) in [4.78, 5) is 8.84. The summed E-state index contributed by atoms with van der Waals surface area (Å²) in [5.41, 5.74) is 0.437. The molecule has 142 valence electrons. The van der Waals surface area contributed by atoms with Gasteiger partial charge in [0.2, 0.25) is 5.95 Å². The smallest absolute Gasteiger partial charge is 0.224 e. The monoisotopic (exact) mass is 359 g/mol. The second kappa shape index (κ2) is 8.65. The first-order valence-electron chi connectivity index (χ1n) is 9.60. The van der Waals surface area contributed by atoms with Gasteiger partial charge >= 0.3 is 0 Å². The third kappa shape index (κ3) is 4.63. The molecule has 2 aliphatic rings. The maximum absolute atomic E-state index is 10.1. The maximum atomic E-state index is 10.1. The van der Waals surface area contributed by atoms with Crippen molar-refractivity contribution in [3.05, 3.63) is 11.8 Å². The van der Waals surface area contributed by atoms with E-state index in [2.05, 4.69) is 33.6 Å². The summed E-state index contributed by atoms with van der Waals surface area (Å²) in [6, 6.07) is 2.62. The highest BCUT2D eigenvalue weighted by molar-refractivity contribution is 5.54. The van der Waals surface area contributed by atoms with Crippen molar-refractivity contribution in [2.45, 2.75) is 76.2 Å². The Morgan fingerprint density at radius 2 is 1.88 bits per heavy atom. The molecule has 26 heavy (non-hydrogen) atoms. The fourth-order valence-electron chi connectivity index (χ4n) is 3.89. The van der Waals surface area contributed by atoms with E-state index in [-0.39, 0.29) is 12.1 Å². The molecule has 3 N–H and O–H groups in total. The Bertz CT molecular complexity index is 639. The lowest BCUT2D eigenvalue weighted by Crippen LogP contribution is -2.35. The lowest BCUT2D eigenvalue weighted by atomic mass is 9.85. The van der Waals surface area contributed by atoms with Crippen LogP contribution in [0.3, 0.4) is 0 Å². The molecule has 2 saturated carbocycles. The normalized spacial score (nSPS) is 31.8. The average Bonchev–Trinajstić information content (AvgIpc) is 2.66. The fourth-order valence-corrected chi connectivity index (χ4v) is 3.89. The summed E-state index contributed by atoms with van der Waals surface area (Å²) >= 11 is 0. The van der Waals surface area contributed by atoms with E-state index in [1.807, 2.05) is 0 Å². The zero-order chi connectivity index (χ0) is 18.5. The summed E-state index contributed by atoms with van der Waals surface area (Å²) in [5.74, 6) is 1.44. The van der Waals surface area contributed by atoms with Gasteiger partial charge in [-0.1, -0.05) is 6.92 Å². The number of hydrogen-bond acceptors (Lipinski definition) is 7. The van der Waals surface area contributed by atoms with Crippen LogP contribution in [0.15, 0.2) is 6.20 Å². The molecule has 0 aliphatic heterocycles.